The number of hydrogen-bond donors (Lipinski definition) is 1. The Morgan fingerprint density at radius 1 is 0.933 bits per heavy atom. The van der Waals surface area contributed by atoms with Gasteiger partial charge in [-0.3, -0.25) is 9.69 Å². The first-order valence-electron chi connectivity index (χ1n) is 11.0. The average molecular weight is 407 g/mol. The van der Waals surface area contributed by atoms with Crippen molar-refractivity contribution in [3.05, 3.63) is 65.2 Å². The van der Waals surface area contributed by atoms with E-state index in [9.17, 15) is 9.59 Å². The third kappa shape index (κ3) is 4.90. The minimum Gasteiger partial charge on any atom is -0.462 e. The molecule has 4 rings (SSSR count). The zero-order chi connectivity index (χ0) is 20.9. The summed E-state index contributed by atoms with van der Waals surface area (Å²) < 4.78 is 5.67. The number of esters is 1. The lowest BCUT2D eigenvalue weighted by Crippen LogP contribution is -2.49. The lowest BCUT2D eigenvalue weighted by Gasteiger charge is -2.44. The Balaban J connectivity index is 1.30. The molecule has 5 nitrogen and oxygen atoms in total. The molecule has 1 amide bonds. The second-order valence-electron chi connectivity index (χ2n) is 8.50. The van der Waals surface area contributed by atoms with E-state index in [-0.39, 0.29) is 11.9 Å². The topological polar surface area (TPSA) is 58.6 Å². The summed E-state index contributed by atoms with van der Waals surface area (Å²) in [6.07, 6.45) is 6.11. The van der Waals surface area contributed by atoms with Crippen LogP contribution in [-0.4, -0.2) is 42.5 Å². The first kappa shape index (κ1) is 20.6. The number of carbonyl (C=O) groups excluding carboxylic acids is 2. The number of fused-ring (bicyclic) bond motifs is 1. The van der Waals surface area contributed by atoms with E-state index in [0.29, 0.717) is 35.4 Å². The summed E-state index contributed by atoms with van der Waals surface area (Å²) in [6, 6.07) is 14.9. The minimum atomic E-state index is -0.292. The van der Waals surface area contributed by atoms with Crippen LogP contribution in [0, 0.1) is 12.8 Å². The van der Waals surface area contributed by atoms with Gasteiger partial charge in [0.1, 0.15) is 0 Å². The van der Waals surface area contributed by atoms with Crippen LogP contribution in [0.1, 0.15) is 58.4 Å². The molecule has 2 aliphatic rings. The van der Waals surface area contributed by atoms with Gasteiger partial charge < -0.3 is 10.1 Å². The second-order valence-corrected chi connectivity index (χ2v) is 8.50. The lowest BCUT2D eigenvalue weighted by atomic mass is 9.84. The van der Waals surface area contributed by atoms with Gasteiger partial charge in [-0.15, -0.1) is 0 Å². The van der Waals surface area contributed by atoms with Gasteiger partial charge in [0, 0.05) is 23.2 Å². The van der Waals surface area contributed by atoms with Gasteiger partial charge in [0.15, 0.2) is 0 Å². The summed E-state index contributed by atoms with van der Waals surface area (Å²) in [7, 11) is 0. The monoisotopic (exact) mass is 406 g/mol. The molecule has 2 saturated heterocycles. The lowest BCUT2D eigenvalue weighted by molar-refractivity contribution is 0.00739. The van der Waals surface area contributed by atoms with Crippen LogP contribution in [0.4, 0.5) is 5.69 Å². The van der Waals surface area contributed by atoms with Crippen molar-refractivity contribution >= 4 is 17.6 Å². The number of aryl methyl sites for hydroxylation is 1. The summed E-state index contributed by atoms with van der Waals surface area (Å²) in [5, 5.41) is 2.86. The van der Waals surface area contributed by atoms with Crippen molar-refractivity contribution in [1.29, 1.82) is 0 Å². The van der Waals surface area contributed by atoms with E-state index in [0.717, 1.165) is 12.0 Å². The van der Waals surface area contributed by atoms with Gasteiger partial charge in [-0.25, -0.2) is 4.79 Å². The van der Waals surface area contributed by atoms with E-state index in [1.807, 2.05) is 19.1 Å². The van der Waals surface area contributed by atoms with Crippen molar-refractivity contribution in [2.75, 3.05) is 25.0 Å². The van der Waals surface area contributed by atoms with Crippen LogP contribution in [-0.2, 0) is 4.74 Å². The molecule has 0 aliphatic carbocycles. The van der Waals surface area contributed by atoms with Gasteiger partial charge in [0.05, 0.1) is 12.2 Å². The Kier molecular flexibility index (Phi) is 6.48. The molecule has 0 radical (unpaired) electrons. The number of amides is 1. The molecular weight excluding hydrogens is 376 g/mol. The highest BCUT2D eigenvalue weighted by Crippen LogP contribution is 2.31. The zero-order valence-electron chi connectivity index (χ0n) is 17.6. The number of piperidine rings is 2. The van der Waals surface area contributed by atoms with E-state index < -0.39 is 0 Å². The predicted molar refractivity (Wildman–Crippen MR) is 118 cm³/mol. The molecule has 30 heavy (non-hydrogen) atoms. The van der Waals surface area contributed by atoms with Crippen molar-refractivity contribution in [1.82, 2.24) is 4.90 Å². The van der Waals surface area contributed by atoms with E-state index in [4.69, 9.17) is 4.74 Å². The summed E-state index contributed by atoms with van der Waals surface area (Å²) in [5.74, 6) is -0.0184. The maximum Gasteiger partial charge on any atom is 0.338 e. The highest BCUT2D eigenvalue weighted by atomic mass is 16.5. The van der Waals surface area contributed by atoms with Crippen LogP contribution in [0.3, 0.4) is 0 Å². The van der Waals surface area contributed by atoms with Gasteiger partial charge in [-0.1, -0.05) is 24.1 Å². The quantitative estimate of drug-likeness (QED) is 0.733. The molecule has 0 spiro atoms. The number of ether oxygens (including phenoxy) is 1. The first-order chi connectivity index (χ1) is 14.6. The van der Waals surface area contributed by atoms with Crippen LogP contribution >= 0.6 is 0 Å². The van der Waals surface area contributed by atoms with Gasteiger partial charge in [-0.05, 0) is 82.1 Å². The van der Waals surface area contributed by atoms with Crippen LogP contribution in [0.5, 0.6) is 0 Å². The van der Waals surface area contributed by atoms with Crippen molar-refractivity contribution in [2.45, 2.75) is 45.1 Å². The summed E-state index contributed by atoms with van der Waals surface area (Å²) in [5.41, 5.74) is 2.88. The standard InChI is InChI=1S/C25H30N2O3/c1-18-7-9-19(10-8-18)24(28)26-22-13-11-20(12-14-22)25(29)30-17-21-5-4-16-27-15-3-2-6-23(21)27/h7-14,21,23H,2-6,15-17H2,1H3,(H,26,28). The molecule has 2 aromatic carbocycles. The molecule has 2 aromatic rings. The Labute approximate surface area is 178 Å². The van der Waals surface area contributed by atoms with Crippen molar-refractivity contribution < 1.29 is 14.3 Å². The van der Waals surface area contributed by atoms with Gasteiger partial charge >= 0.3 is 5.97 Å². The maximum atomic E-state index is 12.5. The van der Waals surface area contributed by atoms with Crippen LogP contribution in [0.15, 0.2) is 48.5 Å². The fourth-order valence-corrected chi connectivity index (χ4v) is 4.64. The Hall–Kier alpha value is -2.66. The van der Waals surface area contributed by atoms with Crippen molar-refractivity contribution in [2.24, 2.45) is 5.92 Å². The molecule has 2 fully saturated rings. The number of anilines is 1. The average Bonchev–Trinajstić information content (AvgIpc) is 2.78. The molecule has 158 valence electrons. The van der Waals surface area contributed by atoms with Gasteiger partial charge in [-0.2, -0.15) is 0 Å². The summed E-state index contributed by atoms with van der Waals surface area (Å²) in [4.78, 5) is 27.4. The van der Waals surface area contributed by atoms with Gasteiger partial charge in [0.2, 0.25) is 0 Å². The Bertz CT molecular complexity index is 874. The second kappa shape index (κ2) is 9.43. The number of nitrogens with zero attached hydrogens (tertiary/aromatic N) is 1. The van der Waals surface area contributed by atoms with Crippen molar-refractivity contribution in [3.63, 3.8) is 0 Å². The van der Waals surface area contributed by atoms with Gasteiger partial charge in [0.25, 0.3) is 5.91 Å². The molecule has 0 saturated carbocycles. The molecular formula is C25H30N2O3. The van der Waals surface area contributed by atoms with Crippen LogP contribution in [0.2, 0.25) is 0 Å². The fraction of sp³-hybridized carbons (Fsp3) is 0.440. The Morgan fingerprint density at radius 3 is 2.40 bits per heavy atom. The van der Waals surface area contributed by atoms with Crippen LogP contribution in [0.25, 0.3) is 0 Å². The summed E-state index contributed by atoms with van der Waals surface area (Å²) in [6.45, 7) is 4.85. The molecule has 2 atom stereocenters. The van der Waals surface area contributed by atoms with Crippen molar-refractivity contribution in [3.8, 4) is 0 Å². The molecule has 2 aliphatic heterocycles. The third-order valence-corrected chi connectivity index (χ3v) is 6.35. The number of rotatable bonds is 5. The Morgan fingerprint density at radius 2 is 1.63 bits per heavy atom. The number of hydrogen-bond acceptors (Lipinski definition) is 4. The molecule has 2 unspecified atom stereocenters. The maximum absolute atomic E-state index is 12.5. The van der Waals surface area contributed by atoms with E-state index in [1.165, 1.54) is 38.8 Å². The van der Waals surface area contributed by atoms with E-state index >= 15 is 0 Å². The predicted octanol–water partition coefficient (Wildman–Crippen LogP) is 4.67. The van der Waals surface area contributed by atoms with Crippen LogP contribution < -0.4 is 5.32 Å². The number of benzene rings is 2. The fourth-order valence-electron chi connectivity index (χ4n) is 4.64. The number of carbonyl (C=O) groups is 2. The largest absolute Gasteiger partial charge is 0.462 e. The summed E-state index contributed by atoms with van der Waals surface area (Å²) >= 11 is 0. The highest BCUT2D eigenvalue weighted by Gasteiger charge is 2.33. The van der Waals surface area contributed by atoms with E-state index in [1.54, 1.807) is 36.4 Å². The molecule has 0 bridgehead atoms. The third-order valence-electron chi connectivity index (χ3n) is 6.35. The minimum absolute atomic E-state index is 0.167. The zero-order valence-corrected chi connectivity index (χ0v) is 17.6. The first-order valence-corrected chi connectivity index (χ1v) is 11.0. The smallest absolute Gasteiger partial charge is 0.338 e. The normalized spacial score (nSPS) is 21.5. The molecule has 1 N–H and O–H groups in total. The molecule has 0 aromatic heterocycles. The highest BCUT2D eigenvalue weighted by molar-refractivity contribution is 6.04. The molecule has 5 heteroatoms. The van der Waals surface area contributed by atoms with E-state index in [2.05, 4.69) is 10.2 Å². The number of nitrogens with one attached hydrogen (secondary N) is 1. The SMILES string of the molecule is Cc1ccc(C(=O)Nc2ccc(C(=O)OCC3CCCN4CCCCC34)cc2)cc1. The molecule has 2 heterocycles.